The van der Waals surface area contributed by atoms with Gasteiger partial charge in [0.25, 0.3) is 0 Å². The van der Waals surface area contributed by atoms with Crippen LogP contribution in [-0.4, -0.2) is 33.3 Å². The highest BCUT2D eigenvalue weighted by atomic mass is 16.4. The molecule has 0 radical (unpaired) electrons. The van der Waals surface area contributed by atoms with Crippen LogP contribution in [0.15, 0.2) is 12.4 Å². The maximum atomic E-state index is 11.4. The van der Waals surface area contributed by atoms with E-state index >= 15 is 0 Å². The van der Waals surface area contributed by atoms with Gasteiger partial charge in [-0.2, -0.15) is 5.10 Å². The van der Waals surface area contributed by atoms with Crippen LogP contribution in [0.3, 0.4) is 0 Å². The maximum Gasteiger partial charge on any atom is 0.326 e. The summed E-state index contributed by atoms with van der Waals surface area (Å²) >= 11 is 0. The van der Waals surface area contributed by atoms with Gasteiger partial charge in [0.1, 0.15) is 6.04 Å². The summed E-state index contributed by atoms with van der Waals surface area (Å²) in [4.78, 5) is 22.3. The molecule has 0 spiro atoms. The lowest BCUT2D eigenvalue weighted by Crippen LogP contribution is -2.48. The second-order valence-electron chi connectivity index (χ2n) is 3.99. The van der Waals surface area contributed by atoms with Gasteiger partial charge in [-0.25, -0.2) is 9.59 Å². The van der Waals surface area contributed by atoms with Crippen molar-refractivity contribution in [3.8, 4) is 0 Å². The Kier molecular flexibility index (Phi) is 4.50. The van der Waals surface area contributed by atoms with Crippen LogP contribution in [-0.2, 0) is 11.3 Å². The van der Waals surface area contributed by atoms with E-state index < -0.39 is 18.0 Å². The third-order valence-electron chi connectivity index (χ3n) is 2.23. The summed E-state index contributed by atoms with van der Waals surface area (Å²) in [5.74, 6) is -1.22. The van der Waals surface area contributed by atoms with Crippen molar-refractivity contribution in [2.75, 3.05) is 0 Å². The molecule has 0 unspecified atom stereocenters. The van der Waals surface area contributed by atoms with Crippen LogP contribution < -0.4 is 10.6 Å². The lowest BCUT2D eigenvalue weighted by molar-refractivity contribution is -0.140. The van der Waals surface area contributed by atoms with Gasteiger partial charge < -0.3 is 15.7 Å². The van der Waals surface area contributed by atoms with E-state index in [0.29, 0.717) is 6.54 Å². The molecule has 7 nitrogen and oxygen atoms in total. The van der Waals surface area contributed by atoms with Gasteiger partial charge in [-0.15, -0.1) is 0 Å². The number of carboxylic acids is 1. The highest BCUT2D eigenvalue weighted by Gasteiger charge is 2.23. The standard InChI is InChI=1S/C10H16N4O3/c1-6(2)8(9(15)16)14-10(17)11-3-7-4-12-13-5-7/h4-6,8H,3H2,1-2H3,(H,12,13)(H,15,16)(H2,11,14,17)/t8-/m0/s1. The Morgan fingerprint density at radius 2 is 2.24 bits per heavy atom. The zero-order chi connectivity index (χ0) is 12.8. The minimum Gasteiger partial charge on any atom is -0.480 e. The van der Waals surface area contributed by atoms with E-state index in [9.17, 15) is 9.59 Å². The van der Waals surface area contributed by atoms with E-state index in [1.165, 1.54) is 0 Å². The number of hydrogen-bond acceptors (Lipinski definition) is 3. The topological polar surface area (TPSA) is 107 Å². The molecular weight excluding hydrogens is 224 g/mol. The summed E-state index contributed by atoms with van der Waals surface area (Å²) in [7, 11) is 0. The first-order chi connectivity index (χ1) is 8.00. The van der Waals surface area contributed by atoms with Crippen LogP contribution in [0.4, 0.5) is 4.79 Å². The lowest BCUT2D eigenvalue weighted by Gasteiger charge is -2.18. The normalized spacial score (nSPS) is 12.2. The maximum absolute atomic E-state index is 11.4. The Balaban J connectivity index is 2.40. The van der Waals surface area contributed by atoms with Crippen molar-refractivity contribution in [2.45, 2.75) is 26.4 Å². The molecule has 0 aliphatic carbocycles. The number of amides is 2. The molecule has 0 aromatic carbocycles. The van der Waals surface area contributed by atoms with Crippen LogP contribution in [0.25, 0.3) is 0 Å². The van der Waals surface area contributed by atoms with Gasteiger partial charge in [-0.05, 0) is 5.92 Å². The first kappa shape index (κ1) is 13.0. The van der Waals surface area contributed by atoms with E-state index in [2.05, 4.69) is 20.8 Å². The van der Waals surface area contributed by atoms with Gasteiger partial charge in [0.15, 0.2) is 0 Å². The Morgan fingerprint density at radius 3 is 2.71 bits per heavy atom. The zero-order valence-electron chi connectivity index (χ0n) is 9.73. The molecule has 0 saturated heterocycles. The van der Waals surface area contributed by atoms with Gasteiger partial charge in [0.05, 0.1) is 6.20 Å². The van der Waals surface area contributed by atoms with E-state index in [4.69, 9.17) is 5.11 Å². The monoisotopic (exact) mass is 240 g/mol. The second-order valence-corrected chi connectivity index (χ2v) is 3.99. The molecule has 4 N–H and O–H groups in total. The number of nitrogens with one attached hydrogen (secondary N) is 3. The predicted molar refractivity (Wildman–Crippen MR) is 60.2 cm³/mol. The molecule has 0 fully saturated rings. The van der Waals surface area contributed by atoms with Gasteiger partial charge in [0, 0.05) is 18.3 Å². The summed E-state index contributed by atoms with van der Waals surface area (Å²) in [6.07, 6.45) is 3.23. The zero-order valence-corrected chi connectivity index (χ0v) is 9.73. The Bertz CT molecular complexity index is 375. The fraction of sp³-hybridized carbons (Fsp3) is 0.500. The molecule has 1 aromatic rings. The summed E-state index contributed by atoms with van der Waals surface area (Å²) in [6.45, 7) is 3.76. The minimum atomic E-state index is -1.04. The van der Waals surface area contributed by atoms with Crippen molar-refractivity contribution in [3.63, 3.8) is 0 Å². The average Bonchev–Trinajstić information content (AvgIpc) is 2.74. The van der Waals surface area contributed by atoms with Crippen molar-refractivity contribution >= 4 is 12.0 Å². The molecule has 2 amide bonds. The van der Waals surface area contributed by atoms with Crippen molar-refractivity contribution in [1.29, 1.82) is 0 Å². The van der Waals surface area contributed by atoms with Gasteiger partial charge in [-0.3, -0.25) is 5.10 Å². The number of nitrogens with zero attached hydrogens (tertiary/aromatic N) is 1. The van der Waals surface area contributed by atoms with Crippen molar-refractivity contribution in [3.05, 3.63) is 18.0 Å². The van der Waals surface area contributed by atoms with Crippen LogP contribution in [0.2, 0.25) is 0 Å². The van der Waals surface area contributed by atoms with Crippen molar-refractivity contribution in [2.24, 2.45) is 5.92 Å². The fourth-order valence-corrected chi connectivity index (χ4v) is 1.26. The number of H-pyrrole nitrogens is 1. The molecule has 1 rings (SSSR count). The van der Waals surface area contributed by atoms with E-state index in [1.54, 1.807) is 26.2 Å². The number of aliphatic carboxylic acids is 1. The molecule has 1 heterocycles. The van der Waals surface area contributed by atoms with E-state index in [1.807, 2.05) is 0 Å². The number of carboxylic acid groups (broad SMARTS) is 1. The molecule has 0 aliphatic rings. The molecule has 1 aromatic heterocycles. The molecule has 0 saturated carbocycles. The highest BCUT2D eigenvalue weighted by molar-refractivity contribution is 5.82. The highest BCUT2D eigenvalue weighted by Crippen LogP contribution is 2.01. The average molecular weight is 240 g/mol. The minimum absolute atomic E-state index is 0.174. The molecule has 0 bridgehead atoms. The predicted octanol–water partition coefficient (Wildman–Crippen LogP) is 0.318. The molecule has 0 aliphatic heterocycles. The first-order valence-electron chi connectivity index (χ1n) is 5.25. The quantitative estimate of drug-likeness (QED) is 0.594. The molecule has 7 heteroatoms. The number of hydrogen-bond donors (Lipinski definition) is 4. The summed E-state index contributed by atoms with van der Waals surface area (Å²) < 4.78 is 0. The Labute approximate surface area is 98.6 Å². The number of carbonyl (C=O) groups is 2. The Morgan fingerprint density at radius 1 is 1.53 bits per heavy atom. The van der Waals surface area contributed by atoms with E-state index in [-0.39, 0.29) is 5.92 Å². The van der Waals surface area contributed by atoms with Crippen molar-refractivity contribution < 1.29 is 14.7 Å². The summed E-state index contributed by atoms with van der Waals surface area (Å²) in [5, 5.41) is 20.2. The van der Waals surface area contributed by atoms with Gasteiger partial charge in [0.2, 0.25) is 0 Å². The number of carbonyl (C=O) groups excluding carboxylic acids is 1. The third-order valence-corrected chi connectivity index (χ3v) is 2.23. The Hall–Kier alpha value is -2.05. The summed E-state index contributed by atoms with van der Waals surface area (Å²) in [6, 6.07) is -1.40. The van der Waals surface area contributed by atoms with E-state index in [0.717, 1.165) is 5.56 Å². The van der Waals surface area contributed by atoms with Crippen molar-refractivity contribution in [1.82, 2.24) is 20.8 Å². The fourth-order valence-electron chi connectivity index (χ4n) is 1.26. The molecular formula is C10H16N4O3. The largest absolute Gasteiger partial charge is 0.480 e. The van der Waals surface area contributed by atoms with Gasteiger partial charge in [-0.1, -0.05) is 13.8 Å². The van der Waals surface area contributed by atoms with Crippen LogP contribution in [0.1, 0.15) is 19.4 Å². The summed E-state index contributed by atoms with van der Waals surface area (Å²) in [5.41, 5.74) is 0.816. The number of aromatic amines is 1. The first-order valence-corrected chi connectivity index (χ1v) is 5.25. The van der Waals surface area contributed by atoms with Crippen LogP contribution >= 0.6 is 0 Å². The lowest BCUT2D eigenvalue weighted by atomic mass is 10.1. The van der Waals surface area contributed by atoms with Crippen LogP contribution in [0, 0.1) is 5.92 Å². The smallest absolute Gasteiger partial charge is 0.326 e. The van der Waals surface area contributed by atoms with Gasteiger partial charge >= 0.3 is 12.0 Å². The third kappa shape index (κ3) is 4.13. The number of rotatable bonds is 5. The van der Waals surface area contributed by atoms with Crippen LogP contribution in [0.5, 0.6) is 0 Å². The SMILES string of the molecule is CC(C)[C@H](NC(=O)NCc1cn[nH]c1)C(=O)O. The number of urea groups is 1. The second kappa shape index (κ2) is 5.88. The molecule has 94 valence electrons. The molecule has 17 heavy (non-hydrogen) atoms. The number of aromatic nitrogens is 2. The molecule has 1 atom stereocenters.